The van der Waals surface area contributed by atoms with Crippen LogP contribution in [0.15, 0.2) is 11.9 Å². The molecular weight excluding hydrogens is 242 g/mol. The minimum atomic E-state index is -5.66. The van der Waals surface area contributed by atoms with Crippen molar-refractivity contribution in [3.8, 4) is 0 Å². The van der Waals surface area contributed by atoms with Crippen molar-refractivity contribution in [3.63, 3.8) is 0 Å². The molecule has 0 amide bonds. The van der Waals surface area contributed by atoms with E-state index >= 15 is 0 Å². The number of rotatable bonds is 1. The molecule has 14 heavy (non-hydrogen) atoms. The van der Waals surface area contributed by atoms with Crippen molar-refractivity contribution >= 4 is 10.1 Å². The molecule has 1 aliphatic heterocycles. The zero-order chi connectivity index (χ0) is 11.4. The molecule has 1 unspecified atom stereocenters. The highest BCUT2D eigenvalue weighted by atomic mass is 32.2. The van der Waals surface area contributed by atoms with Crippen LogP contribution in [0.2, 0.25) is 0 Å². The van der Waals surface area contributed by atoms with Crippen molar-refractivity contribution < 1.29 is 38.9 Å². The first-order valence-corrected chi connectivity index (χ1v) is 4.20. The fourth-order valence-electron chi connectivity index (χ4n) is 0.665. The summed E-state index contributed by atoms with van der Waals surface area (Å²) in [6.45, 7) is 0. The van der Waals surface area contributed by atoms with Gasteiger partial charge in [0.25, 0.3) is 0 Å². The Morgan fingerprint density at radius 1 is 1.07 bits per heavy atom. The van der Waals surface area contributed by atoms with Crippen molar-refractivity contribution in [1.29, 1.82) is 0 Å². The maximum Gasteiger partial charge on any atom is 0.435 e. The van der Waals surface area contributed by atoms with Crippen molar-refractivity contribution in [3.05, 3.63) is 11.9 Å². The minimum Gasteiger partial charge on any atom is -0.210 e. The van der Waals surface area contributed by atoms with Crippen LogP contribution in [0.25, 0.3) is 0 Å². The second kappa shape index (κ2) is 2.63. The van der Waals surface area contributed by atoms with Gasteiger partial charge in [-0.2, -0.15) is 34.8 Å². The summed E-state index contributed by atoms with van der Waals surface area (Å²) >= 11 is 0. The topological polar surface area (TPSA) is 43.4 Å². The van der Waals surface area contributed by atoms with Gasteiger partial charge in [0.05, 0.1) is 0 Å². The van der Waals surface area contributed by atoms with Crippen LogP contribution in [-0.4, -0.2) is 19.5 Å². The van der Waals surface area contributed by atoms with Gasteiger partial charge in [-0.1, -0.05) is 0 Å². The van der Waals surface area contributed by atoms with E-state index in [0.717, 1.165) is 0 Å². The van der Waals surface area contributed by atoms with Gasteiger partial charge in [0.2, 0.25) is 5.83 Å². The van der Waals surface area contributed by atoms with Crippen molar-refractivity contribution in [2.75, 3.05) is 0 Å². The fourth-order valence-corrected chi connectivity index (χ4v) is 1.58. The van der Waals surface area contributed by atoms with Crippen molar-refractivity contribution in [2.45, 2.75) is 11.1 Å². The molecule has 1 fully saturated rings. The summed E-state index contributed by atoms with van der Waals surface area (Å²) in [5.41, 5.74) is 0. The second-order valence-corrected chi connectivity index (χ2v) is 3.81. The van der Waals surface area contributed by atoms with Crippen LogP contribution in [0.4, 0.5) is 26.3 Å². The maximum absolute atomic E-state index is 12.6. The van der Waals surface area contributed by atoms with Crippen LogP contribution < -0.4 is 0 Å². The van der Waals surface area contributed by atoms with Gasteiger partial charge in [-0.3, -0.25) is 0 Å². The smallest absolute Gasteiger partial charge is 0.210 e. The summed E-state index contributed by atoms with van der Waals surface area (Å²) in [4.78, 5) is 0. The number of halogens is 6. The van der Waals surface area contributed by atoms with Gasteiger partial charge in [-0.05, 0) is 0 Å². The molecule has 0 radical (unpaired) electrons. The Labute approximate surface area is 73.1 Å². The van der Waals surface area contributed by atoms with E-state index in [2.05, 4.69) is 4.18 Å². The number of hydrogen-bond acceptors (Lipinski definition) is 3. The Hall–Kier alpha value is -0.770. The first-order valence-electron chi connectivity index (χ1n) is 2.79. The van der Waals surface area contributed by atoms with Gasteiger partial charge in [0, 0.05) is 0 Å². The number of alkyl halides is 3. The molecule has 82 valence electrons. The molecule has 10 heteroatoms. The van der Waals surface area contributed by atoms with Crippen molar-refractivity contribution in [2.24, 2.45) is 0 Å². The van der Waals surface area contributed by atoms with E-state index in [1.807, 2.05) is 0 Å². The maximum atomic E-state index is 12.6. The Morgan fingerprint density at radius 2 is 1.50 bits per heavy atom. The standard InChI is InChI=1S/C4F6O3S/c5-1(2(6)7)3(8)4(9,10)14(11,12)13-3. The molecule has 0 aromatic rings. The molecule has 1 atom stereocenters. The van der Waals surface area contributed by atoms with Gasteiger partial charge >= 0.3 is 27.3 Å². The quantitative estimate of drug-likeness (QED) is 0.519. The molecule has 0 aromatic heterocycles. The molecule has 0 aromatic carbocycles. The van der Waals surface area contributed by atoms with Gasteiger partial charge in [0.15, 0.2) is 0 Å². The largest absolute Gasteiger partial charge is 0.435 e. The molecule has 1 aliphatic rings. The highest BCUT2D eigenvalue weighted by Gasteiger charge is 2.82. The average Bonchev–Trinajstić information content (AvgIpc) is 2.01. The van der Waals surface area contributed by atoms with E-state index < -0.39 is 33.1 Å². The average molecular weight is 242 g/mol. The summed E-state index contributed by atoms with van der Waals surface area (Å²) < 4.78 is 94.9. The van der Waals surface area contributed by atoms with Gasteiger partial charge in [0.1, 0.15) is 0 Å². The summed E-state index contributed by atoms with van der Waals surface area (Å²) in [5.74, 6) is -8.18. The lowest BCUT2D eigenvalue weighted by Gasteiger charge is -2.38. The Kier molecular flexibility index (Phi) is 2.12. The van der Waals surface area contributed by atoms with E-state index in [1.165, 1.54) is 0 Å². The summed E-state index contributed by atoms with van der Waals surface area (Å²) in [5, 5.41) is -5.35. The highest BCUT2D eigenvalue weighted by Crippen LogP contribution is 2.55. The summed E-state index contributed by atoms with van der Waals surface area (Å²) in [6, 6.07) is 0. The first-order chi connectivity index (χ1) is 6.06. The third-order valence-electron chi connectivity index (χ3n) is 1.36. The van der Waals surface area contributed by atoms with Crippen LogP contribution in [0.1, 0.15) is 0 Å². The Morgan fingerprint density at radius 3 is 1.71 bits per heavy atom. The van der Waals surface area contributed by atoms with Crippen LogP contribution in [0, 0.1) is 0 Å². The van der Waals surface area contributed by atoms with Crippen LogP contribution in [0.5, 0.6) is 0 Å². The Bertz CT molecular complexity index is 395. The molecule has 0 bridgehead atoms. The third kappa shape index (κ3) is 1.06. The minimum absolute atomic E-state index is 2.80. The monoisotopic (exact) mass is 242 g/mol. The zero-order valence-electron chi connectivity index (χ0n) is 5.90. The lowest BCUT2D eigenvalue weighted by Crippen LogP contribution is -2.64. The predicted molar refractivity (Wildman–Crippen MR) is 29.1 cm³/mol. The lowest BCUT2D eigenvalue weighted by molar-refractivity contribution is -0.227. The molecular formula is C4F6O3S. The van der Waals surface area contributed by atoms with Gasteiger partial charge in [-0.15, -0.1) is 0 Å². The molecule has 1 saturated heterocycles. The second-order valence-electron chi connectivity index (χ2n) is 2.22. The van der Waals surface area contributed by atoms with E-state index in [4.69, 9.17) is 0 Å². The van der Waals surface area contributed by atoms with E-state index in [9.17, 15) is 34.8 Å². The molecule has 0 N–H and O–H groups in total. The molecule has 1 rings (SSSR count). The zero-order valence-corrected chi connectivity index (χ0v) is 6.72. The summed E-state index contributed by atoms with van der Waals surface area (Å²) in [6.07, 6.45) is -3.41. The fraction of sp³-hybridized carbons (Fsp3) is 0.500. The van der Waals surface area contributed by atoms with E-state index in [1.54, 1.807) is 0 Å². The highest BCUT2D eigenvalue weighted by molar-refractivity contribution is 7.89. The normalized spacial score (nSPS) is 33.3. The van der Waals surface area contributed by atoms with Gasteiger partial charge in [-0.25, -0.2) is 4.18 Å². The van der Waals surface area contributed by atoms with Crippen molar-refractivity contribution in [1.82, 2.24) is 0 Å². The molecule has 1 heterocycles. The first kappa shape index (κ1) is 11.3. The molecule has 0 spiro atoms. The van der Waals surface area contributed by atoms with E-state index in [-0.39, 0.29) is 0 Å². The summed E-state index contributed by atoms with van der Waals surface area (Å²) in [7, 11) is -5.66. The molecule has 3 nitrogen and oxygen atoms in total. The predicted octanol–water partition coefficient (Wildman–Crippen LogP) is 1.68. The van der Waals surface area contributed by atoms with Gasteiger partial charge < -0.3 is 0 Å². The lowest BCUT2D eigenvalue weighted by atomic mass is 10.3. The SMILES string of the molecule is O=S1(=O)OC(F)(C(F)=C(F)F)C1(F)F. The molecule has 0 aliphatic carbocycles. The molecule has 0 saturated carbocycles. The third-order valence-corrected chi connectivity index (χ3v) is 2.70. The van der Waals surface area contributed by atoms with E-state index in [0.29, 0.717) is 0 Å². The van der Waals surface area contributed by atoms with Crippen LogP contribution >= 0.6 is 0 Å². The van der Waals surface area contributed by atoms with Crippen LogP contribution in [-0.2, 0) is 14.3 Å². The Balaban J connectivity index is 3.23. The van der Waals surface area contributed by atoms with Crippen LogP contribution in [0.3, 0.4) is 0 Å². The number of hydrogen-bond donors (Lipinski definition) is 0.